The first-order chi connectivity index (χ1) is 11.8. The molecule has 0 bridgehead atoms. The van der Waals surface area contributed by atoms with E-state index < -0.39 is 0 Å². The Hall–Kier alpha value is -2.29. The molecule has 24 heavy (non-hydrogen) atoms. The number of nitrogens with zero attached hydrogens (tertiary/aromatic N) is 1. The second-order valence-corrected chi connectivity index (χ2v) is 6.56. The minimum Gasteiger partial charge on any atom is -0.321 e. The average molecular weight is 322 g/mol. The van der Waals surface area contributed by atoms with Crippen molar-refractivity contribution in [2.45, 2.75) is 45.1 Å². The molecule has 0 spiro atoms. The summed E-state index contributed by atoms with van der Waals surface area (Å²) in [5, 5.41) is 3.06. The van der Waals surface area contributed by atoms with E-state index in [2.05, 4.69) is 48.6 Å². The maximum atomic E-state index is 12.6. The van der Waals surface area contributed by atoms with Crippen molar-refractivity contribution in [1.82, 2.24) is 4.90 Å². The van der Waals surface area contributed by atoms with Crippen molar-refractivity contribution in [1.29, 1.82) is 0 Å². The Labute approximate surface area is 144 Å². The highest BCUT2D eigenvalue weighted by molar-refractivity contribution is 5.89. The maximum Gasteiger partial charge on any atom is 0.322 e. The maximum absolute atomic E-state index is 12.6. The van der Waals surface area contributed by atoms with Crippen molar-refractivity contribution in [3.05, 3.63) is 65.7 Å². The summed E-state index contributed by atoms with van der Waals surface area (Å²) >= 11 is 0. The fourth-order valence-electron chi connectivity index (χ4n) is 3.44. The van der Waals surface area contributed by atoms with E-state index in [1.54, 1.807) is 0 Å². The minimum atomic E-state index is 0.0247. The predicted molar refractivity (Wildman–Crippen MR) is 99.3 cm³/mol. The summed E-state index contributed by atoms with van der Waals surface area (Å²) in [5.41, 5.74) is 3.50. The van der Waals surface area contributed by atoms with Crippen LogP contribution in [0.1, 0.15) is 37.3 Å². The van der Waals surface area contributed by atoms with E-state index in [1.807, 2.05) is 23.1 Å². The van der Waals surface area contributed by atoms with Crippen molar-refractivity contribution >= 4 is 11.7 Å². The van der Waals surface area contributed by atoms with Crippen LogP contribution >= 0.6 is 0 Å². The van der Waals surface area contributed by atoms with Gasteiger partial charge in [-0.15, -0.1) is 0 Å². The third-order valence-electron chi connectivity index (χ3n) is 4.70. The SMILES string of the molecule is CCCc1ccc(NC(=O)N2CCCC2Cc2ccccc2)cc1. The van der Waals surface area contributed by atoms with Crippen molar-refractivity contribution in [3.8, 4) is 0 Å². The number of rotatable bonds is 5. The van der Waals surface area contributed by atoms with E-state index >= 15 is 0 Å². The number of hydrogen-bond donors (Lipinski definition) is 1. The Bertz CT molecular complexity index is 651. The summed E-state index contributed by atoms with van der Waals surface area (Å²) in [7, 11) is 0. The molecule has 2 amide bonds. The molecule has 2 aromatic rings. The zero-order chi connectivity index (χ0) is 16.8. The first-order valence-corrected chi connectivity index (χ1v) is 8.96. The first kappa shape index (κ1) is 16.6. The van der Waals surface area contributed by atoms with Crippen LogP contribution in [0, 0.1) is 0 Å². The highest BCUT2D eigenvalue weighted by Crippen LogP contribution is 2.22. The van der Waals surface area contributed by atoms with E-state index in [1.165, 1.54) is 11.1 Å². The van der Waals surface area contributed by atoms with Gasteiger partial charge in [0.2, 0.25) is 0 Å². The molecule has 0 saturated carbocycles. The Morgan fingerprint density at radius 1 is 1.08 bits per heavy atom. The smallest absolute Gasteiger partial charge is 0.321 e. The van der Waals surface area contributed by atoms with Crippen LogP contribution in [0.25, 0.3) is 0 Å². The van der Waals surface area contributed by atoms with Crippen LogP contribution in [0.2, 0.25) is 0 Å². The molecule has 1 aliphatic rings. The molecule has 1 N–H and O–H groups in total. The summed E-state index contributed by atoms with van der Waals surface area (Å²) < 4.78 is 0. The number of hydrogen-bond acceptors (Lipinski definition) is 1. The number of carbonyl (C=O) groups excluding carboxylic acids is 1. The van der Waals surface area contributed by atoms with E-state index in [-0.39, 0.29) is 6.03 Å². The first-order valence-electron chi connectivity index (χ1n) is 8.96. The fourth-order valence-corrected chi connectivity index (χ4v) is 3.44. The van der Waals surface area contributed by atoms with E-state index in [0.29, 0.717) is 6.04 Å². The molecule has 1 heterocycles. The lowest BCUT2D eigenvalue weighted by molar-refractivity contribution is 0.206. The Kier molecular flexibility index (Phi) is 5.52. The molecule has 3 nitrogen and oxygen atoms in total. The number of anilines is 1. The second kappa shape index (κ2) is 8.00. The molecule has 126 valence electrons. The number of aryl methyl sites for hydroxylation is 1. The van der Waals surface area contributed by atoms with E-state index in [9.17, 15) is 4.79 Å². The summed E-state index contributed by atoms with van der Waals surface area (Å²) in [6, 6.07) is 19.0. The molecule has 0 aromatic heterocycles. The molecule has 1 atom stereocenters. The van der Waals surface area contributed by atoms with Crippen LogP contribution in [0.3, 0.4) is 0 Å². The molecule has 1 unspecified atom stereocenters. The predicted octanol–water partition coefficient (Wildman–Crippen LogP) is 4.88. The summed E-state index contributed by atoms with van der Waals surface area (Å²) in [4.78, 5) is 14.6. The van der Waals surface area contributed by atoms with Crippen LogP contribution in [0.4, 0.5) is 10.5 Å². The monoisotopic (exact) mass is 322 g/mol. The van der Waals surface area contributed by atoms with Gasteiger partial charge in [-0.25, -0.2) is 4.79 Å². The van der Waals surface area contributed by atoms with Crippen LogP contribution < -0.4 is 5.32 Å². The molecular formula is C21H26N2O. The molecule has 1 saturated heterocycles. The average Bonchev–Trinajstić information content (AvgIpc) is 3.06. The van der Waals surface area contributed by atoms with Gasteiger partial charge in [-0.2, -0.15) is 0 Å². The van der Waals surface area contributed by atoms with Crippen LogP contribution in [0.15, 0.2) is 54.6 Å². The van der Waals surface area contributed by atoms with Gasteiger partial charge in [0.25, 0.3) is 0 Å². The normalized spacial score (nSPS) is 17.0. The molecule has 2 aromatic carbocycles. The Morgan fingerprint density at radius 3 is 2.54 bits per heavy atom. The zero-order valence-corrected chi connectivity index (χ0v) is 14.4. The van der Waals surface area contributed by atoms with Gasteiger partial charge in [0.1, 0.15) is 0 Å². The number of likely N-dealkylation sites (tertiary alicyclic amines) is 1. The summed E-state index contributed by atoms with van der Waals surface area (Å²) in [5.74, 6) is 0. The van der Waals surface area contributed by atoms with Gasteiger partial charge in [0.05, 0.1) is 0 Å². The number of amides is 2. The van der Waals surface area contributed by atoms with Gasteiger partial charge >= 0.3 is 6.03 Å². The number of carbonyl (C=O) groups is 1. The largest absolute Gasteiger partial charge is 0.322 e. The number of nitrogens with one attached hydrogen (secondary N) is 1. The Morgan fingerprint density at radius 2 is 1.83 bits per heavy atom. The molecule has 3 rings (SSSR count). The number of benzene rings is 2. The van der Waals surface area contributed by atoms with Crippen molar-refractivity contribution in [2.24, 2.45) is 0 Å². The Balaban J connectivity index is 1.61. The number of urea groups is 1. The third-order valence-corrected chi connectivity index (χ3v) is 4.70. The summed E-state index contributed by atoms with van der Waals surface area (Å²) in [6.07, 6.45) is 5.32. The van der Waals surface area contributed by atoms with Crippen LogP contribution in [-0.2, 0) is 12.8 Å². The van der Waals surface area contributed by atoms with E-state index in [0.717, 1.165) is 44.3 Å². The summed E-state index contributed by atoms with van der Waals surface area (Å²) in [6.45, 7) is 3.02. The van der Waals surface area contributed by atoms with Crippen LogP contribution in [-0.4, -0.2) is 23.5 Å². The van der Waals surface area contributed by atoms with Crippen molar-refractivity contribution in [2.75, 3.05) is 11.9 Å². The molecule has 0 radical (unpaired) electrons. The highest BCUT2D eigenvalue weighted by atomic mass is 16.2. The second-order valence-electron chi connectivity index (χ2n) is 6.56. The highest BCUT2D eigenvalue weighted by Gasteiger charge is 2.28. The van der Waals surface area contributed by atoms with Gasteiger partial charge in [0.15, 0.2) is 0 Å². The van der Waals surface area contributed by atoms with Gasteiger partial charge in [-0.1, -0.05) is 55.8 Å². The van der Waals surface area contributed by atoms with Gasteiger partial charge in [-0.05, 0) is 48.9 Å². The lowest BCUT2D eigenvalue weighted by Gasteiger charge is -2.25. The van der Waals surface area contributed by atoms with Gasteiger partial charge in [0, 0.05) is 18.3 Å². The van der Waals surface area contributed by atoms with Crippen molar-refractivity contribution in [3.63, 3.8) is 0 Å². The molecule has 3 heteroatoms. The molecular weight excluding hydrogens is 296 g/mol. The lowest BCUT2D eigenvalue weighted by Crippen LogP contribution is -2.39. The van der Waals surface area contributed by atoms with Crippen molar-refractivity contribution < 1.29 is 4.79 Å². The molecule has 0 aliphatic carbocycles. The topological polar surface area (TPSA) is 32.3 Å². The van der Waals surface area contributed by atoms with E-state index in [4.69, 9.17) is 0 Å². The fraction of sp³-hybridized carbons (Fsp3) is 0.381. The van der Waals surface area contributed by atoms with Gasteiger partial charge < -0.3 is 10.2 Å². The third kappa shape index (κ3) is 4.16. The standard InChI is InChI=1S/C21H26N2O/c1-2-7-17-11-13-19(14-12-17)22-21(24)23-15-6-10-20(23)16-18-8-4-3-5-9-18/h3-5,8-9,11-14,20H,2,6-7,10,15-16H2,1H3,(H,22,24). The zero-order valence-electron chi connectivity index (χ0n) is 14.4. The molecule has 1 fully saturated rings. The lowest BCUT2D eigenvalue weighted by atomic mass is 10.0. The quantitative estimate of drug-likeness (QED) is 0.836. The van der Waals surface area contributed by atoms with Crippen LogP contribution in [0.5, 0.6) is 0 Å². The molecule has 1 aliphatic heterocycles. The van der Waals surface area contributed by atoms with Gasteiger partial charge in [-0.3, -0.25) is 0 Å². The minimum absolute atomic E-state index is 0.0247.